The van der Waals surface area contributed by atoms with Crippen molar-refractivity contribution in [1.82, 2.24) is 0 Å². The Morgan fingerprint density at radius 1 is 1.22 bits per heavy atom. The summed E-state index contributed by atoms with van der Waals surface area (Å²) in [5.74, 6) is -0.833. The molecular formula is C6H17O2P. The Balaban J connectivity index is 0. The molecule has 0 heterocycles. The van der Waals surface area contributed by atoms with Crippen LogP contribution in [0.25, 0.3) is 0 Å². The molecule has 0 aromatic carbocycles. The van der Waals surface area contributed by atoms with Crippen LogP contribution in [0.4, 0.5) is 0 Å². The van der Waals surface area contributed by atoms with Crippen LogP contribution < -0.4 is 0 Å². The zero-order valence-corrected chi connectivity index (χ0v) is 7.86. The van der Waals surface area contributed by atoms with Crippen LogP contribution in [0, 0.1) is 0 Å². The maximum absolute atomic E-state index is 9.00. The summed E-state index contributed by atoms with van der Waals surface area (Å²) in [6.45, 7) is 10.4. The molecular weight excluding hydrogens is 135 g/mol. The van der Waals surface area contributed by atoms with Gasteiger partial charge in [-0.05, 0) is 0 Å². The summed E-state index contributed by atoms with van der Waals surface area (Å²) in [6.07, 6.45) is 0. The standard InChI is InChI=1S/C4H13P.C2H4O2/c1-5(2,3)4;1-2(3)4/h5H,1-4H3;1H3,(H,3,4). The number of aliphatic carboxylic acids is 1. The molecule has 0 spiro atoms. The van der Waals surface area contributed by atoms with Crippen LogP contribution >= 0.6 is 7.26 Å². The van der Waals surface area contributed by atoms with Gasteiger partial charge >= 0.3 is 33.9 Å². The molecule has 0 aliphatic heterocycles. The fourth-order valence-corrected chi connectivity index (χ4v) is 0. The first-order chi connectivity index (χ1) is 3.73. The molecule has 0 aromatic heterocycles. The van der Waals surface area contributed by atoms with Crippen molar-refractivity contribution >= 4 is 13.2 Å². The maximum atomic E-state index is 9.00. The van der Waals surface area contributed by atoms with E-state index in [1.807, 2.05) is 0 Å². The van der Waals surface area contributed by atoms with Crippen molar-refractivity contribution in [1.29, 1.82) is 0 Å². The van der Waals surface area contributed by atoms with Gasteiger partial charge < -0.3 is 5.11 Å². The Hall–Kier alpha value is -0.100. The second-order valence-corrected chi connectivity index (χ2v) is 9.52. The third kappa shape index (κ3) is 27500. The summed E-state index contributed by atoms with van der Waals surface area (Å²) in [5, 5.41) is 7.42. The second-order valence-electron chi connectivity index (χ2n) is 3.52. The molecule has 0 fully saturated rings. The van der Waals surface area contributed by atoms with Gasteiger partial charge in [-0.1, -0.05) is 0 Å². The van der Waals surface area contributed by atoms with Crippen molar-refractivity contribution in [3.63, 3.8) is 0 Å². The number of carboxylic acids is 1. The Morgan fingerprint density at radius 3 is 1.22 bits per heavy atom. The van der Waals surface area contributed by atoms with Crippen LogP contribution in [0.3, 0.4) is 0 Å². The number of hydrogen-bond acceptors (Lipinski definition) is 1. The molecule has 0 unspecified atom stereocenters. The first-order valence-electron chi connectivity index (χ1n) is 2.93. The van der Waals surface area contributed by atoms with Crippen molar-refractivity contribution in [3.8, 4) is 0 Å². The predicted octanol–water partition coefficient (Wildman–Crippen LogP) is 1.35. The third-order valence-corrected chi connectivity index (χ3v) is 0. The molecule has 0 rings (SSSR count). The fraction of sp³-hybridized carbons (Fsp3) is 0.833. The van der Waals surface area contributed by atoms with E-state index in [0.717, 1.165) is 6.92 Å². The molecule has 2 nitrogen and oxygen atoms in total. The molecule has 0 aliphatic carbocycles. The Labute approximate surface area is 57.6 Å². The number of rotatable bonds is 0. The molecule has 0 radical (unpaired) electrons. The van der Waals surface area contributed by atoms with Crippen LogP contribution in [-0.4, -0.2) is 37.7 Å². The first-order valence-corrected chi connectivity index (χ1v) is 6.93. The molecule has 0 saturated heterocycles. The van der Waals surface area contributed by atoms with Crippen molar-refractivity contribution in [2.45, 2.75) is 6.92 Å². The molecule has 58 valence electrons. The average Bonchev–Trinajstić information content (AvgIpc) is 1.19. The van der Waals surface area contributed by atoms with Crippen molar-refractivity contribution in [2.75, 3.05) is 26.7 Å². The van der Waals surface area contributed by atoms with Crippen LogP contribution in [0.1, 0.15) is 6.92 Å². The summed E-state index contributed by atoms with van der Waals surface area (Å²) in [6, 6.07) is 0. The summed E-state index contributed by atoms with van der Waals surface area (Å²) >= 11 is 0. The molecule has 0 amide bonds. The Morgan fingerprint density at radius 2 is 1.22 bits per heavy atom. The van der Waals surface area contributed by atoms with E-state index >= 15 is 0 Å². The number of carbonyl (C=O) groups is 1. The van der Waals surface area contributed by atoms with Crippen LogP contribution in [0.15, 0.2) is 0 Å². The normalized spacial score (nSPS) is 11.2. The van der Waals surface area contributed by atoms with Gasteiger partial charge in [0.2, 0.25) is 0 Å². The van der Waals surface area contributed by atoms with Gasteiger partial charge in [0.05, 0.1) is 0 Å². The van der Waals surface area contributed by atoms with Gasteiger partial charge in [-0.25, -0.2) is 0 Å². The van der Waals surface area contributed by atoms with Crippen LogP contribution in [0.2, 0.25) is 0 Å². The van der Waals surface area contributed by atoms with Gasteiger partial charge in [-0.15, -0.1) is 0 Å². The SMILES string of the molecule is CC(=O)O.C[PH](C)(C)C. The molecule has 0 aromatic rings. The number of hydrogen-bond donors (Lipinski definition) is 1. The van der Waals surface area contributed by atoms with E-state index in [2.05, 4.69) is 26.7 Å². The van der Waals surface area contributed by atoms with Crippen LogP contribution in [-0.2, 0) is 4.79 Å². The van der Waals surface area contributed by atoms with E-state index in [1.54, 1.807) is 0 Å². The first kappa shape index (κ1) is 11.7. The van der Waals surface area contributed by atoms with Gasteiger partial charge in [-0.3, -0.25) is 4.79 Å². The Kier molecular flexibility index (Phi) is 6.16. The zero-order chi connectivity index (χ0) is 8.08. The average molecular weight is 152 g/mol. The molecule has 0 atom stereocenters. The van der Waals surface area contributed by atoms with Crippen molar-refractivity contribution < 1.29 is 9.90 Å². The molecule has 0 aliphatic rings. The van der Waals surface area contributed by atoms with E-state index in [1.165, 1.54) is 0 Å². The second kappa shape index (κ2) is 4.75. The van der Waals surface area contributed by atoms with E-state index in [4.69, 9.17) is 9.90 Å². The minimum atomic E-state index is -0.833. The molecule has 0 saturated carbocycles. The summed E-state index contributed by atoms with van der Waals surface area (Å²) in [4.78, 5) is 9.00. The summed E-state index contributed by atoms with van der Waals surface area (Å²) < 4.78 is 0. The van der Waals surface area contributed by atoms with E-state index in [-0.39, 0.29) is 0 Å². The quantitative estimate of drug-likeness (QED) is 0.532. The summed E-state index contributed by atoms with van der Waals surface area (Å²) in [5.41, 5.74) is 0. The van der Waals surface area contributed by atoms with Gasteiger partial charge in [0, 0.05) is 6.92 Å². The zero-order valence-electron chi connectivity index (χ0n) is 6.86. The van der Waals surface area contributed by atoms with E-state index in [9.17, 15) is 0 Å². The van der Waals surface area contributed by atoms with Gasteiger partial charge in [0.1, 0.15) is 0 Å². The minimum absolute atomic E-state index is 0.611. The van der Waals surface area contributed by atoms with Gasteiger partial charge in [-0.2, -0.15) is 0 Å². The van der Waals surface area contributed by atoms with Crippen molar-refractivity contribution in [2.24, 2.45) is 0 Å². The topological polar surface area (TPSA) is 37.3 Å². The van der Waals surface area contributed by atoms with Crippen molar-refractivity contribution in [3.05, 3.63) is 0 Å². The molecule has 9 heavy (non-hydrogen) atoms. The predicted molar refractivity (Wildman–Crippen MR) is 45.3 cm³/mol. The molecule has 0 bridgehead atoms. The monoisotopic (exact) mass is 152 g/mol. The molecule has 3 heteroatoms. The number of carboxylic acid groups (broad SMARTS) is 1. The third-order valence-electron chi connectivity index (χ3n) is 0. The van der Waals surface area contributed by atoms with Gasteiger partial charge in [0.15, 0.2) is 0 Å². The van der Waals surface area contributed by atoms with Gasteiger partial charge in [0.25, 0.3) is 5.97 Å². The van der Waals surface area contributed by atoms with E-state index < -0.39 is 13.2 Å². The Bertz CT molecular complexity index is 73.5. The fourth-order valence-electron chi connectivity index (χ4n) is 0. The summed E-state index contributed by atoms with van der Waals surface area (Å²) in [7, 11) is -0.611. The molecule has 1 N–H and O–H groups in total. The van der Waals surface area contributed by atoms with Crippen LogP contribution in [0.5, 0.6) is 0 Å². The van der Waals surface area contributed by atoms with E-state index in [0.29, 0.717) is 0 Å².